The summed E-state index contributed by atoms with van der Waals surface area (Å²) in [5, 5.41) is 3.31. The summed E-state index contributed by atoms with van der Waals surface area (Å²) in [5.74, 6) is 1.02. The van der Waals surface area contributed by atoms with Crippen LogP contribution in [0.15, 0.2) is 53.5 Å². The van der Waals surface area contributed by atoms with Crippen molar-refractivity contribution in [2.45, 2.75) is 31.9 Å². The number of imide groups is 1. The van der Waals surface area contributed by atoms with Crippen molar-refractivity contribution in [3.05, 3.63) is 48.5 Å². The molecular weight excluding hydrogens is 414 g/mol. The van der Waals surface area contributed by atoms with Crippen LogP contribution in [0.5, 0.6) is 11.5 Å². The molecule has 1 saturated heterocycles. The monoisotopic (exact) mass is 441 g/mol. The SMILES string of the molecule is CCCOc1ccc(N2C(=O)C[C@H](SC(=NCC)Nc3ccc(OC)cc3)C2=O)cc1. The third kappa shape index (κ3) is 5.79. The molecule has 164 valence electrons. The first-order valence-electron chi connectivity index (χ1n) is 10.3. The van der Waals surface area contributed by atoms with E-state index in [1.165, 1.54) is 16.7 Å². The molecule has 31 heavy (non-hydrogen) atoms. The molecule has 0 aromatic heterocycles. The summed E-state index contributed by atoms with van der Waals surface area (Å²) in [7, 11) is 1.61. The Labute approximate surface area is 186 Å². The third-order valence-corrected chi connectivity index (χ3v) is 5.68. The molecule has 3 rings (SSSR count). The summed E-state index contributed by atoms with van der Waals surface area (Å²) in [6.45, 7) is 5.14. The van der Waals surface area contributed by atoms with Crippen molar-refractivity contribution >= 4 is 40.1 Å². The molecule has 7 nitrogen and oxygen atoms in total. The van der Waals surface area contributed by atoms with Crippen LogP contribution >= 0.6 is 11.8 Å². The minimum atomic E-state index is -0.528. The van der Waals surface area contributed by atoms with Crippen molar-refractivity contribution in [1.29, 1.82) is 0 Å². The molecule has 1 aliphatic heterocycles. The number of carbonyl (C=O) groups excluding carboxylic acids is 2. The lowest BCUT2D eigenvalue weighted by atomic mass is 10.3. The number of rotatable bonds is 8. The van der Waals surface area contributed by atoms with Gasteiger partial charge in [-0.1, -0.05) is 18.7 Å². The minimum Gasteiger partial charge on any atom is -0.497 e. The largest absolute Gasteiger partial charge is 0.497 e. The van der Waals surface area contributed by atoms with Crippen LogP contribution in [0, 0.1) is 0 Å². The lowest BCUT2D eigenvalue weighted by molar-refractivity contribution is -0.121. The van der Waals surface area contributed by atoms with Crippen LogP contribution in [-0.2, 0) is 9.59 Å². The van der Waals surface area contributed by atoms with Gasteiger partial charge in [0.1, 0.15) is 16.7 Å². The predicted molar refractivity (Wildman–Crippen MR) is 125 cm³/mol. The lowest BCUT2D eigenvalue weighted by Crippen LogP contribution is -2.31. The maximum atomic E-state index is 13.0. The van der Waals surface area contributed by atoms with Crippen LogP contribution in [0.3, 0.4) is 0 Å². The molecule has 0 spiro atoms. The Morgan fingerprint density at radius 2 is 1.77 bits per heavy atom. The Morgan fingerprint density at radius 3 is 2.39 bits per heavy atom. The highest BCUT2D eigenvalue weighted by atomic mass is 32.2. The van der Waals surface area contributed by atoms with Crippen molar-refractivity contribution < 1.29 is 19.1 Å². The van der Waals surface area contributed by atoms with Crippen LogP contribution in [0.4, 0.5) is 11.4 Å². The fraction of sp³-hybridized carbons (Fsp3) is 0.348. The van der Waals surface area contributed by atoms with Gasteiger partial charge >= 0.3 is 0 Å². The predicted octanol–water partition coefficient (Wildman–Crippen LogP) is 4.34. The molecule has 1 N–H and O–H groups in total. The van der Waals surface area contributed by atoms with Gasteiger partial charge in [0, 0.05) is 18.7 Å². The van der Waals surface area contributed by atoms with Gasteiger partial charge in [-0.15, -0.1) is 0 Å². The highest BCUT2D eigenvalue weighted by molar-refractivity contribution is 8.15. The summed E-state index contributed by atoms with van der Waals surface area (Å²) < 4.78 is 10.8. The van der Waals surface area contributed by atoms with Crippen molar-refractivity contribution in [2.75, 3.05) is 30.5 Å². The number of nitrogens with one attached hydrogen (secondary N) is 1. The molecule has 2 amide bonds. The van der Waals surface area contributed by atoms with E-state index < -0.39 is 5.25 Å². The normalized spacial score (nSPS) is 16.5. The maximum Gasteiger partial charge on any atom is 0.247 e. The van der Waals surface area contributed by atoms with Gasteiger partial charge in [-0.05, 0) is 61.9 Å². The number of aliphatic imine (C=N–C) groups is 1. The average Bonchev–Trinajstić information content (AvgIpc) is 3.06. The number of thioether (sulfide) groups is 1. The van der Waals surface area contributed by atoms with Crippen LogP contribution in [-0.4, -0.2) is 42.5 Å². The molecule has 0 radical (unpaired) electrons. The molecule has 0 saturated carbocycles. The molecule has 0 unspecified atom stereocenters. The lowest BCUT2D eigenvalue weighted by Gasteiger charge is -2.16. The van der Waals surface area contributed by atoms with E-state index in [-0.39, 0.29) is 18.2 Å². The molecule has 1 fully saturated rings. The van der Waals surface area contributed by atoms with E-state index in [0.717, 1.165) is 23.6 Å². The van der Waals surface area contributed by atoms with Gasteiger partial charge in [0.15, 0.2) is 5.17 Å². The van der Waals surface area contributed by atoms with Crippen LogP contribution in [0.25, 0.3) is 0 Å². The van der Waals surface area contributed by atoms with Crippen molar-refractivity contribution in [1.82, 2.24) is 0 Å². The summed E-state index contributed by atoms with van der Waals surface area (Å²) in [6.07, 6.45) is 1.04. The van der Waals surface area contributed by atoms with E-state index >= 15 is 0 Å². The van der Waals surface area contributed by atoms with Crippen molar-refractivity contribution in [2.24, 2.45) is 4.99 Å². The number of amidine groups is 1. The van der Waals surface area contributed by atoms with E-state index in [1.54, 1.807) is 31.4 Å². The quantitative estimate of drug-likeness (QED) is 0.373. The highest BCUT2D eigenvalue weighted by Gasteiger charge is 2.40. The smallest absolute Gasteiger partial charge is 0.247 e. The zero-order chi connectivity index (χ0) is 22.2. The highest BCUT2D eigenvalue weighted by Crippen LogP contribution is 2.32. The average molecular weight is 442 g/mol. The first kappa shape index (κ1) is 22.7. The number of anilines is 2. The molecule has 1 heterocycles. The second kappa shape index (κ2) is 10.9. The molecule has 1 aliphatic rings. The molecule has 1 atom stereocenters. The zero-order valence-electron chi connectivity index (χ0n) is 18.0. The molecule has 2 aromatic rings. The van der Waals surface area contributed by atoms with Crippen molar-refractivity contribution in [3.8, 4) is 11.5 Å². The number of nitrogens with zero attached hydrogens (tertiary/aromatic N) is 2. The maximum absolute atomic E-state index is 13.0. The number of hydrogen-bond donors (Lipinski definition) is 1. The Balaban J connectivity index is 1.68. The Kier molecular flexibility index (Phi) is 7.94. The van der Waals surface area contributed by atoms with Gasteiger partial charge in [-0.3, -0.25) is 14.6 Å². The number of carbonyl (C=O) groups is 2. The van der Waals surface area contributed by atoms with Crippen LogP contribution in [0.2, 0.25) is 0 Å². The number of methoxy groups -OCH3 is 1. The fourth-order valence-corrected chi connectivity index (χ4v) is 4.14. The zero-order valence-corrected chi connectivity index (χ0v) is 18.8. The number of benzene rings is 2. The van der Waals surface area contributed by atoms with Gasteiger partial charge in [0.25, 0.3) is 0 Å². The van der Waals surface area contributed by atoms with Gasteiger partial charge < -0.3 is 14.8 Å². The number of ether oxygens (including phenoxy) is 2. The van der Waals surface area contributed by atoms with E-state index in [9.17, 15) is 9.59 Å². The summed E-state index contributed by atoms with van der Waals surface area (Å²) in [5.41, 5.74) is 1.39. The first-order valence-corrected chi connectivity index (χ1v) is 11.2. The summed E-state index contributed by atoms with van der Waals surface area (Å²) >= 11 is 1.28. The third-order valence-electron chi connectivity index (χ3n) is 4.57. The van der Waals surface area contributed by atoms with E-state index in [0.29, 0.717) is 24.0 Å². The molecule has 0 bridgehead atoms. The second-order valence-electron chi connectivity index (χ2n) is 6.85. The van der Waals surface area contributed by atoms with Gasteiger partial charge in [0.2, 0.25) is 11.8 Å². The summed E-state index contributed by atoms with van der Waals surface area (Å²) in [6, 6.07) is 14.5. The fourth-order valence-electron chi connectivity index (χ4n) is 3.06. The van der Waals surface area contributed by atoms with E-state index in [1.807, 2.05) is 38.1 Å². The molecular formula is C23H27N3O4S. The van der Waals surface area contributed by atoms with Crippen molar-refractivity contribution in [3.63, 3.8) is 0 Å². The van der Waals surface area contributed by atoms with Crippen LogP contribution in [0.1, 0.15) is 26.7 Å². The Hall–Kier alpha value is -3.00. The van der Waals surface area contributed by atoms with Gasteiger partial charge in [-0.2, -0.15) is 0 Å². The van der Waals surface area contributed by atoms with Gasteiger partial charge in [-0.25, -0.2) is 4.90 Å². The topological polar surface area (TPSA) is 80.2 Å². The standard InChI is InChI=1S/C23H27N3O4S/c1-4-14-30-19-12-8-17(9-13-19)26-21(27)15-20(22(26)28)31-23(24-5-2)25-16-6-10-18(29-3)11-7-16/h6-13,20H,4-5,14-15H2,1-3H3,(H,24,25)/t20-/m0/s1. The molecule has 0 aliphatic carbocycles. The summed E-state index contributed by atoms with van der Waals surface area (Å²) in [4.78, 5) is 31.3. The van der Waals surface area contributed by atoms with E-state index in [4.69, 9.17) is 9.47 Å². The number of hydrogen-bond acceptors (Lipinski definition) is 6. The Morgan fingerprint density at radius 1 is 1.10 bits per heavy atom. The molecule has 2 aromatic carbocycles. The van der Waals surface area contributed by atoms with Gasteiger partial charge in [0.05, 0.1) is 19.4 Å². The second-order valence-corrected chi connectivity index (χ2v) is 8.04. The Bertz CT molecular complexity index is 929. The first-order chi connectivity index (χ1) is 15.0. The number of amides is 2. The van der Waals surface area contributed by atoms with E-state index in [2.05, 4.69) is 10.3 Å². The van der Waals surface area contributed by atoms with Crippen LogP contribution < -0.4 is 19.7 Å². The minimum absolute atomic E-state index is 0.130. The molecule has 8 heteroatoms.